The third-order valence-corrected chi connectivity index (χ3v) is 6.48. The number of halogens is 1. The molecule has 0 aliphatic carbocycles. The van der Waals surface area contributed by atoms with Gasteiger partial charge in [0.2, 0.25) is 0 Å². The molecule has 1 aliphatic rings. The zero-order chi connectivity index (χ0) is 25.4. The van der Waals surface area contributed by atoms with E-state index >= 15 is 0 Å². The average Bonchev–Trinajstić information content (AvgIpc) is 3.61. The maximum atomic E-state index is 14.2. The van der Waals surface area contributed by atoms with Crippen LogP contribution in [0.4, 0.5) is 4.39 Å². The van der Waals surface area contributed by atoms with E-state index < -0.39 is 18.1 Å². The van der Waals surface area contributed by atoms with Crippen LogP contribution in [0.3, 0.4) is 0 Å². The number of benzene rings is 1. The summed E-state index contributed by atoms with van der Waals surface area (Å²) < 4.78 is 21.1. The Labute approximate surface area is 211 Å². The van der Waals surface area contributed by atoms with Crippen molar-refractivity contribution in [3.05, 3.63) is 89.5 Å². The Hall–Kier alpha value is -4.55. The van der Waals surface area contributed by atoms with Crippen molar-refractivity contribution in [3.63, 3.8) is 0 Å². The fourth-order valence-electron chi connectivity index (χ4n) is 4.77. The van der Waals surface area contributed by atoms with E-state index in [2.05, 4.69) is 37.1 Å². The smallest absolute Gasteiger partial charge is 0.270 e. The van der Waals surface area contributed by atoms with E-state index in [1.165, 1.54) is 0 Å². The highest BCUT2D eigenvalue weighted by atomic mass is 19.1. The van der Waals surface area contributed by atoms with Gasteiger partial charge in [-0.1, -0.05) is 30.0 Å². The third-order valence-electron chi connectivity index (χ3n) is 6.48. The zero-order valence-corrected chi connectivity index (χ0v) is 20.0. The first kappa shape index (κ1) is 22.9. The molecule has 37 heavy (non-hydrogen) atoms. The molecule has 1 amide bonds. The number of ether oxygens (including phenoxy) is 1. The molecule has 9 heteroatoms. The number of nitrogens with one attached hydrogen (secondary N) is 2. The molecule has 2 atom stereocenters. The van der Waals surface area contributed by atoms with E-state index in [0.29, 0.717) is 16.8 Å². The molecular weight excluding hydrogens is 471 g/mol. The summed E-state index contributed by atoms with van der Waals surface area (Å²) in [5, 5.41) is 4.85. The minimum atomic E-state index is -0.972. The predicted molar refractivity (Wildman–Crippen MR) is 137 cm³/mol. The first-order chi connectivity index (χ1) is 18.1. The highest BCUT2D eigenvalue weighted by Crippen LogP contribution is 2.31. The summed E-state index contributed by atoms with van der Waals surface area (Å²) in [5.74, 6) is 5.59. The van der Waals surface area contributed by atoms with Crippen LogP contribution in [0, 0.1) is 11.8 Å². The number of alkyl halides is 1. The maximum Gasteiger partial charge on any atom is 0.270 e. The standard InChI is InChI=1S/C28H23FN6O2/c1-37-10-4-6-17-11-24(33-22-8-9-30-14-20(17)22)28(36)34-26(23-12-18-5-2-3-7-21(18)32-23)27-25-13-19(29)15-35(25)16-31-27/h2-3,5,7-9,11-12,14,16,19,26,32H,10,13,15H2,1H3,(H,34,36)/t19-,26?/m1/s1. The molecule has 2 N–H and O–H groups in total. The van der Waals surface area contributed by atoms with E-state index in [4.69, 9.17) is 4.74 Å². The van der Waals surface area contributed by atoms with Gasteiger partial charge in [-0.25, -0.2) is 14.4 Å². The van der Waals surface area contributed by atoms with Gasteiger partial charge < -0.3 is 19.6 Å². The van der Waals surface area contributed by atoms with Crippen LogP contribution >= 0.6 is 0 Å². The number of aromatic amines is 1. The summed E-state index contributed by atoms with van der Waals surface area (Å²) in [6, 6.07) is 12.6. The second-order valence-electron chi connectivity index (χ2n) is 8.93. The van der Waals surface area contributed by atoms with Crippen LogP contribution in [0.1, 0.15) is 39.2 Å². The summed E-state index contributed by atoms with van der Waals surface area (Å²) >= 11 is 0. The molecule has 1 aromatic carbocycles. The third kappa shape index (κ3) is 4.32. The van der Waals surface area contributed by atoms with Crippen molar-refractivity contribution in [1.29, 1.82) is 0 Å². The SMILES string of the molecule is COCC#Cc1cc(C(=O)NC(c2cc3ccccc3[nH]2)c2ncn3c2C[C@@H](F)C3)nc2ccncc12. The number of amides is 1. The monoisotopic (exact) mass is 494 g/mol. The largest absolute Gasteiger partial charge is 0.372 e. The van der Waals surface area contributed by atoms with Gasteiger partial charge in [0.05, 0.1) is 24.1 Å². The van der Waals surface area contributed by atoms with Gasteiger partial charge in [0.25, 0.3) is 5.91 Å². The lowest BCUT2D eigenvalue weighted by Gasteiger charge is -2.17. The number of H-pyrrole nitrogens is 1. The number of fused-ring (bicyclic) bond motifs is 3. The van der Waals surface area contributed by atoms with Crippen LogP contribution in [-0.2, 0) is 17.7 Å². The molecule has 0 saturated heterocycles. The van der Waals surface area contributed by atoms with E-state index in [1.54, 1.807) is 38.0 Å². The number of rotatable bonds is 5. The van der Waals surface area contributed by atoms with E-state index in [1.807, 2.05) is 34.9 Å². The lowest BCUT2D eigenvalue weighted by molar-refractivity contribution is 0.0937. The van der Waals surface area contributed by atoms with Gasteiger partial charge in [0, 0.05) is 53.8 Å². The number of pyridine rings is 2. The molecule has 5 heterocycles. The summed E-state index contributed by atoms with van der Waals surface area (Å²) in [6.07, 6.45) is 4.22. The molecule has 0 radical (unpaired) electrons. The van der Waals surface area contributed by atoms with E-state index in [9.17, 15) is 9.18 Å². The highest BCUT2D eigenvalue weighted by molar-refractivity contribution is 5.97. The highest BCUT2D eigenvalue weighted by Gasteiger charge is 2.31. The van der Waals surface area contributed by atoms with Gasteiger partial charge in [0.1, 0.15) is 24.5 Å². The Morgan fingerprint density at radius 3 is 3.08 bits per heavy atom. The van der Waals surface area contributed by atoms with Crippen molar-refractivity contribution in [2.24, 2.45) is 0 Å². The van der Waals surface area contributed by atoms with Gasteiger partial charge in [-0.3, -0.25) is 9.78 Å². The minimum Gasteiger partial charge on any atom is -0.372 e. The quantitative estimate of drug-likeness (QED) is 0.363. The second-order valence-corrected chi connectivity index (χ2v) is 8.93. The number of carbonyl (C=O) groups excluding carboxylic acids is 1. The first-order valence-electron chi connectivity index (χ1n) is 11.9. The van der Waals surface area contributed by atoms with E-state index in [-0.39, 0.29) is 25.3 Å². The fourth-order valence-corrected chi connectivity index (χ4v) is 4.77. The molecule has 5 aromatic rings. The van der Waals surface area contributed by atoms with Crippen molar-refractivity contribution in [3.8, 4) is 11.8 Å². The molecule has 1 unspecified atom stereocenters. The van der Waals surface area contributed by atoms with Gasteiger partial charge in [0.15, 0.2) is 0 Å². The lowest BCUT2D eigenvalue weighted by atomic mass is 10.1. The molecule has 4 aromatic heterocycles. The number of para-hydroxylation sites is 1. The zero-order valence-electron chi connectivity index (χ0n) is 20.0. The minimum absolute atomic E-state index is 0.209. The van der Waals surface area contributed by atoms with Crippen LogP contribution in [0.25, 0.3) is 21.8 Å². The number of imidazole rings is 1. The number of hydrogen-bond donors (Lipinski definition) is 2. The summed E-state index contributed by atoms with van der Waals surface area (Å²) in [4.78, 5) is 30.4. The maximum absolute atomic E-state index is 14.2. The molecule has 0 saturated carbocycles. The van der Waals surface area contributed by atoms with Gasteiger partial charge in [-0.2, -0.15) is 0 Å². The van der Waals surface area contributed by atoms with Gasteiger partial charge in [-0.15, -0.1) is 0 Å². The fraction of sp³-hybridized carbons (Fsp3) is 0.214. The summed E-state index contributed by atoms with van der Waals surface area (Å²) in [5.41, 5.74) is 4.53. The molecule has 8 nitrogen and oxygen atoms in total. The Morgan fingerprint density at radius 2 is 2.22 bits per heavy atom. The normalized spacial score (nSPS) is 15.4. The first-order valence-corrected chi connectivity index (χ1v) is 11.9. The van der Waals surface area contributed by atoms with Crippen molar-refractivity contribution in [1.82, 2.24) is 29.8 Å². The Balaban J connectivity index is 1.41. The average molecular weight is 495 g/mol. The Kier molecular flexibility index (Phi) is 5.87. The molecule has 0 fully saturated rings. The number of hydrogen-bond acceptors (Lipinski definition) is 5. The number of methoxy groups -OCH3 is 1. The van der Waals surface area contributed by atoms with Crippen molar-refractivity contribution in [2.45, 2.75) is 25.2 Å². The van der Waals surface area contributed by atoms with Gasteiger partial charge >= 0.3 is 0 Å². The molecule has 0 spiro atoms. The Morgan fingerprint density at radius 1 is 1.32 bits per heavy atom. The second kappa shape index (κ2) is 9.48. The van der Waals surface area contributed by atoms with Crippen LogP contribution in [-0.4, -0.2) is 50.3 Å². The van der Waals surface area contributed by atoms with Crippen LogP contribution in [0.2, 0.25) is 0 Å². The molecule has 184 valence electrons. The lowest BCUT2D eigenvalue weighted by Crippen LogP contribution is -2.31. The molecule has 1 aliphatic heterocycles. The number of aromatic nitrogens is 5. The Bertz CT molecular complexity index is 1660. The van der Waals surface area contributed by atoms with Crippen molar-refractivity contribution >= 4 is 27.7 Å². The predicted octanol–water partition coefficient (Wildman–Crippen LogP) is 3.72. The van der Waals surface area contributed by atoms with Gasteiger partial charge in [-0.05, 0) is 29.7 Å². The van der Waals surface area contributed by atoms with Crippen LogP contribution < -0.4 is 5.32 Å². The molecule has 0 bridgehead atoms. The van der Waals surface area contributed by atoms with Crippen LogP contribution in [0.15, 0.2) is 61.2 Å². The van der Waals surface area contributed by atoms with Crippen molar-refractivity contribution < 1.29 is 13.9 Å². The molecular formula is C28H23FN6O2. The topological polar surface area (TPSA) is 97.7 Å². The van der Waals surface area contributed by atoms with Crippen molar-refractivity contribution in [2.75, 3.05) is 13.7 Å². The van der Waals surface area contributed by atoms with Crippen LogP contribution in [0.5, 0.6) is 0 Å². The van der Waals surface area contributed by atoms with E-state index in [0.717, 1.165) is 27.7 Å². The number of carbonyl (C=O) groups is 1. The molecule has 6 rings (SSSR count). The number of nitrogens with zero attached hydrogens (tertiary/aromatic N) is 4. The summed E-state index contributed by atoms with van der Waals surface area (Å²) in [7, 11) is 1.57. The summed E-state index contributed by atoms with van der Waals surface area (Å²) in [6.45, 7) is 0.522.